The number of halogens is 1. The molecule has 1 fully saturated rings. The quantitative estimate of drug-likeness (QED) is 0.914. The molecule has 2 heterocycles. The molecule has 98 valence electrons. The summed E-state index contributed by atoms with van der Waals surface area (Å²) < 4.78 is 0. The Hall–Kier alpha value is -1.81. The lowest BCUT2D eigenvalue weighted by molar-refractivity contribution is -0.121. The number of fused-ring (bicyclic) bond motifs is 1. The van der Waals surface area contributed by atoms with Crippen LogP contribution in [0.5, 0.6) is 0 Å². The molecule has 19 heavy (non-hydrogen) atoms. The monoisotopic (exact) mass is 275 g/mol. The highest BCUT2D eigenvalue weighted by atomic mass is 35.5. The number of amides is 1. The van der Waals surface area contributed by atoms with Crippen LogP contribution >= 0.6 is 11.6 Å². The summed E-state index contributed by atoms with van der Waals surface area (Å²) in [6.07, 6.45) is 2.59. The van der Waals surface area contributed by atoms with Crippen molar-refractivity contribution < 1.29 is 4.79 Å². The zero-order valence-electron chi connectivity index (χ0n) is 10.3. The molecular weight excluding hydrogens is 262 g/mol. The number of carbonyl (C=O) groups excluding carboxylic acids is 1. The molecule has 0 bridgehead atoms. The smallest absolute Gasteiger partial charge is 0.222 e. The number of hydrogen-bond donors (Lipinski definition) is 1. The first-order chi connectivity index (χ1) is 9.15. The molecule has 1 amide bonds. The van der Waals surface area contributed by atoms with E-state index in [0.29, 0.717) is 11.6 Å². The summed E-state index contributed by atoms with van der Waals surface area (Å²) in [7, 11) is 0. The molecule has 1 aliphatic rings. The fourth-order valence-corrected chi connectivity index (χ4v) is 2.76. The summed E-state index contributed by atoms with van der Waals surface area (Å²) in [5.74, 6) is -0.290. The lowest BCUT2D eigenvalue weighted by Crippen LogP contribution is -2.27. The summed E-state index contributed by atoms with van der Waals surface area (Å²) >= 11 is 6.06. The van der Waals surface area contributed by atoms with Crippen molar-refractivity contribution in [2.45, 2.75) is 6.42 Å². The largest absolute Gasteiger partial charge is 0.370 e. The molecule has 1 saturated heterocycles. The molecular formula is C14H14ClN3O. The minimum atomic E-state index is -0.223. The maximum absolute atomic E-state index is 11.3. The van der Waals surface area contributed by atoms with Gasteiger partial charge in [-0.2, -0.15) is 0 Å². The maximum atomic E-state index is 11.3. The first-order valence-corrected chi connectivity index (χ1v) is 6.61. The summed E-state index contributed by atoms with van der Waals surface area (Å²) in [6, 6.07) is 7.61. The molecule has 5 heteroatoms. The van der Waals surface area contributed by atoms with Gasteiger partial charge in [0.25, 0.3) is 0 Å². The van der Waals surface area contributed by atoms with Gasteiger partial charge < -0.3 is 10.6 Å². The van der Waals surface area contributed by atoms with Gasteiger partial charge in [-0.3, -0.25) is 9.78 Å². The van der Waals surface area contributed by atoms with Gasteiger partial charge in [-0.15, -0.1) is 0 Å². The lowest BCUT2D eigenvalue weighted by atomic mass is 10.1. The van der Waals surface area contributed by atoms with Crippen molar-refractivity contribution in [1.29, 1.82) is 0 Å². The third kappa shape index (κ3) is 2.24. The zero-order valence-corrected chi connectivity index (χ0v) is 11.1. The van der Waals surface area contributed by atoms with Crippen molar-refractivity contribution in [2.75, 3.05) is 18.0 Å². The Morgan fingerprint density at radius 2 is 2.26 bits per heavy atom. The first-order valence-electron chi connectivity index (χ1n) is 6.23. The number of nitrogens with zero attached hydrogens (tertiary/aromatic N) is 2. The van der Waals surface area contributed by atoms with E-state index in [1.165, 1.54) is 0 Å². The van der Waals surface area contributed by atoms with Crippen molar-refractivity contribution >= 4 is 34.1 Å². The molecule has 1 unspecified atom stereocenters. The van der Waals surface area contributed by atoms with Crippen molar-refractivity contribution in [3.63, 3.8) is 0 Å². The van der Waals surface area contributed by atoms with Gasteiger partial charge in [0.15, 0.2) is 0 Å². The molecule has 0 spiro atoms. The Morgan fingerprint density at radius 3 is 3.00 bits per heavy atom. The van der Waals surface area contributed by atoms with Crippen molar-refractivity contribution in [1.82, 2.24) is 4.98 Å². The fourth-order valence-electron chi connectivity index (χ4n) is 2.59. The van der Waals surface area contributed by atoms with Crippen LogP contribution in [0.25, 0.3) is 10.9 Å². The number of carbonyl (C=O) groups is 1. The average Bonchev–Trinajstić information content (AvgIpc) is 2.87. The number of hydrogen-bond acceptors (Lipinski definition) is 3. The second-order valence-corrected chi connectivity index (χ2v) is 5.26. The van der Waals surface area contributed by atoms with E-state index in [-0.39, 0.29) is 11.8 Å². The second-order valence-electron chi connectivity index (χ2n) is 4.83. The van der Waals surface area contributed by atoms with Crippen LogP contribution in [-0.2, 0) is 4.79 Å². The molecule has 4 nitrogen and oxygen atoms in total. The number of pyridine rings is 1. The summed E-state index contributed by atoms with van der Waals surface area (Å²) in [4.78, 5) is 17.8. The Morgan fingerprint density at radius 1 is 1.42 bits per heavy atom. The third-order valence-electron chi connectivity index (χ3n) is 3.61. The number of nitrogens with two attached hydrogens (primary N) is 1. The third-order valence-corrected chi connectivity index (χ3v) is 3.85. The molecule has 1 aliphatic heterocycles. The Kier molecular flexibility index (Phi) is 3.03. The molecule has 3 rings (SSSR count). The van der Waals surface area contributed by atoms with Gasteiger partial charge in [-0.25, -0.2) is 0 Å². The van der Waals surface area contributed by atoms with Crippen molar-refractivity contribution in [2.24, 2.45) is 11.7 Å². The van der Waals surface area contributed by atoms with Crippen LogP contribution in [0.15, 0.2) is 30.5 Å². The van der Waals surface area contributed by atoms with E-state index in [1.54, 1.807) is 6.20 Å². The molecule has 0 saturated carbocycles. The van der Waals surface area contributed by atoms with Crippen molar-refractivity contribution in [3.05, 3.63) is 35.5 Å². The van der Waals surface area contributed by atoms with E-state index in [2.05, 4.69) is 9.88 Å². The van der Waals surface area contributed by atoms with Gasteiger partial charge in [0.2, 0.25) is 5.91 Å². The van der Waals surface area contributed by atoms with E-state index in [9.17, 15) is 4.79 Å². The van der Waals surface area contributed by atoms with E-state index in [0.717, 1.165) is 29.6 Å². The normalized spacial score (nSPS) is 19.0. The first kappa shape index (κ1) is 12.2. The summed E-state index contributed by atoms with van der Waals surface area (Å²) in [5, 5.41) is 1.70. The van der Waals surface area contributed by atoms with E-state index in [4.69, 9.17) is 17.3 Å². The van der Waals surface area contributed by atoms with Gasteiger partial charge in [0.1, 0.15) is 0 Å². The number of primary amides is 1. The molecule has 0 radical (unpaired) electrons. The van der Waals surface area contributed by atoms with Crippen LogP contribution in [0.1, 0.15) is 6.42 Å². The standard InChI is InChI=1S/C14H14ClN3O/c15-10-1-2-12-11(7-10)13(3-5-17-12)18-6-4-9(8-18)14(16)19/h1-3,5,7,9H,4,6,8H2,(H2,16,19). The van der Waals surface area contributed by atoms with Gasteiger partial charge >= 0.3 is 0 Å². The molecule has 1 aromatic heterocycles. The zero-order chi connectivity index (χ0) is 13.4. The Labute approximate surface area is 116 Å². The van der Waals surface area contributed by atoms with Gasteiger partial charge in [0, 0.05) is 35.4 Å². The van der Waals surface area contributed by atoms with Gasteiger partial charge in [-0.1, -0.05) is 11.6 Å². The highest BCUT2D eigenvalue weighted by Gasteiger charge is 2.27. The Balaban J connectivity index is 2.01. The van der Waals surface area contributed by atoms with Crippen LogP contribution in [0, 0.1) is 5.92 Å². The predicted octanol–water partition coefficient (Wildman–Crippen LogP) is 2.20. The van der Waals surface area contributed by atoms with Crippen LogP contribution in [0.2, 0.25) is 5.02 Å². The molecule has 1 aromatic carbocycles. The maximum Gasteiger partial charge on any atom is 0.222 e. The van der Waals surface area contributed by atoms with E-state index < -0.39 is 0 Å². The second kappa shape index (κ2) is 4.70. The van der Waals surface area contributed by atoms with Crippen LogP contribution in [0.3, 0.4) is 0 Å². The highest BCUT2D eigenvalue weighted by molar-refractivity contribution is 6.31. The molecule has 2 aromatic rings. The van der Waals surface area contributed by atoms with Crippen LogP contribution in [0.4, 0.5) is 5.69 Å². The lowest BCUT2D eigenvalue weighted by Gasteiger charge is -2.20. The van der Waals surface area contributed by atoms with Crippen LogP contribution in [-0.4, -0.2) is 24.0 Å². The number of rotatable bonds is 2. The molecule has 2 N–H and O–H groups in total. The topological polar surface area (TPSA) is 59.2 Å². The van der Waals surface area contributed by atoms with E-state index in [1.807, 2.05) is 24.3 Å². The number of benzene rings is 1. The van der Waals surface area contributed by atoms with Crippen LogP contribution < -0.4 is 10.6 Å². The molecule has 1 atom stereocenters. The SMILES string of the molecule is NC(=O)C1CCN(c2ccnc3ccc(Cl)cc23)C1. The number of aromatic nitrogens is 1. The summed E-state index contributed by atoms with van der Waals surface area (Å²) in [5.41, 5.74) is 7.35. The van der Waals surface area contributed by atoms with Gasteiger partial charge in [-0.05, 0) is 30.7 Å². The van der Waals surface area contributed by atoms with Crippen molar-refractivity contribution in [3.8, 4) is 0 Å². The fraction of sp³-hybridized carbons (Fsp3) is 0.286. The Bertz CT molecular complexity index is 644. The number of anilines is 1. The van der Waals surface area contributed by atoms with Gasteiger partial charge in [0.05, 0.1) is 11.4 Å². The predicted molar refractivity (Wildman–Crippen MR) is 76.3 cm³/mol. The minimum Gasteiger partial charge on any atom is -0.370 e. The summed E-state index contributed by atoms with van der Waals surface area (Å²) in [6.45, 7) is 1.50. The highest BCUT2D eigenvalue weighted by Crippen LogP contribution is 2.31. The average molecular weight is 276 g/mol. The molecule has 0 aliphatic carbocycles. The minimum absolute atomic E-state index is 0.0672. The van der Waals surface area contributed by atoms with E-state index >= 15 is 0 Å².